The van der Waals surface area contributed by atoms with Gasteiger partial charge in [0.25, 0.3) is 5.91 Å². The van der Waals surface area contributed by atoms with Gasteiger partial charge in [-0.3, -0.25) is 24.1 Å². The summed E-state index contributed by atoms with van der Waals surface area (Å²) in [6.45, 7) is 1.49. The van der Waals surface area contributed by atoms with Crippen molar-refractivity contribution in [2.75, 3.05) is 23.4 Å². The molecule has 1 saturated heterocycles. The number of amides is 3. The average Bonchev–Trinajstić information content (AvgIpc) is 3.83. The van der Waals surface area contributed by atoms with E-state index in [-0.39, 0.29) is 63.7 Å². The molecule has 2 aliphatic carbocycles. The molecule has 2 N–H and O–H groups in total. The fourth-order valence-electron chi connectivity index (χ4n) is 8.50. The number of ether oxygens (including phenoxy) is 2. The number of imide groups is 1. The summed E-state index contributed by atoms with van der Waals surface area (Å²) in [6, 6.07) is 19.0. The van der Waals surface area contributed by atoms with Gasteiger partial charge in [0.2, 0.25) is 11.8 Å². The van der Waals surface area contributed by atoms with Gasteiger partial charge in [0, 0.05) is 16.0 Å². The average molecular weight is 722 g/mol. The molecule has 50 heavy (non-hydrogen) atoms. The number of para-hydroxylation sites is 2. The first-order valence-electron chi connectivity index (χ1n) is 16.2. The van der Waals surface area contributed by atoms with Crippen LogP contribution in [-0.4, -0.2) is 41.2 Å². The van der Waals surface area contributed by atoms with Crippen LogP contribution in [0, 0.1) is 29.6 Å². The zero-order chi connectivity index (χ0) is 34.9. The summed E-state index contributed by atoms with van der Waals surface area (Å²) in [5, 5.41) is 3.04. The van der Waals surface area contributed by atoms with Crippen LogP contribution in [0.4, 0.5) is 24.5 Å². The Balaban J connectivity index is 1.09. The lowest BCUT2D eigenvalue weighted by atomic mass is 9.68. The van der Waals surface area contributed by atoms with Crippen molar-refractivity contribution in [3.05, 3.63) is 98.5 Å². The molecule has 2 aliphatic heterocycles. The molecule has 0 radical (unpaired) electrons. The Morgan fingerprint density at radius 1 is 0.940 bits per heavy atom. The lowest BCUT2D eigenvalue weighted by molar-refractivity contribution is -0.137. The van der Waals surface area contributed by atoms with Crippen LogP contribution in [0.2, 0.25) is 0 Å². The summed E-state index contributed by atoms with van der Waals surface area (Å²) in [6.07, 6.45) is -3.91. The summed E-state index contributed by atoms with van der Waals surface area (Å²) < 4.78 is 52.0. The fraction of sp³-hybridized carbons (Fsp3) is 0.333. The minimum absolute atomic E-state index is 0.00813. The van der Waals surface area contributed by atoms with Gasteiger partial charge in [0.1, 0.15) is 0 Å². The minimum Gasteiger partial charge on any atom is -0.490 e. The van der Waals surface area contributed by atoms with Gasteiger partial charge < -0.3 is 19.8 Å². The summed E-state index contributed by atoms with van der Waals surface area (Å²) in [4.78, 5) is 58.2. The molecule has 7 atom stereocenters. The topological polar surface area (TPSA) is 118 Å². The third-order valence-corrected chi connectivity index (χ3v) is 12.8. The Labute approximate surface area is 292 Å². The van der Waals surface area contributed by atoms with Crippen LogP contribution in [0.5, 0.6) is 11.5 Å². The van der Waals surface area contributed by atoms with Crippen LogP contribution < -0.4 is 24.6 Å². The number of thiazole rings is 1. The number of aromatic nitrogens is 1. The molecule has 3 aromatic carbocycles. The van der Waals surface area contributed by atoms with Crippen molar-refractivity contribution in [2.24, 2.45) is 29.6 Å². The first-order valence-corrected chi connectivity index (χ1v) is 17.9. The van der Waals surface area contributed by atoms with E-state index in [1.165, 1.54) is 23.1 Å². The van der Waals surface area contributed by atoms with E-state index in [0.29, 0.717) is 11.4 Å². The number of alkyl halides is 3. The first-order chi connectivity index (χ1) is 24.0. The number of hydrogen-bond donors (Lipinski definition) is 2. The number of nitrogens with one attached hydrogen (secondary N) is 2. The number of thioether (sulfide) groups is 1. The van der Waals surface area contributed by atoms with E-state index in [1.54, 1.807) is 49.0 Å². The van der Waals surface area contributed by atoms with Crippen molar-refractivity contribution in [1.82, 2.24) is 4.98 Å². The third kappa shape index (κ3) is 5.31. The van der Waals surface area contributed by atoms with Gasteiger partial charge >= 0.3 is 11.0 Å². The van der Waals surface area contributed by atoms with Gasteiger partial charge in [0.05, 0.1) is 40.4 Å². The fourth-order valence-corrected chi connectivity index (χ4v) is 11.4. The van der Waals surface area contributed by atoms with Crippen molar-refractivity contribution in [1.29, 1.82) is 0 Å². The lowest BCUT2D eigenvalue weighted by Crippen LogP contribution is -2.42. The highest BCUT2D eigenvalue weighted by molar-refractivity contribution is 8.00. The van der Waals surface area contributed by atoms with Gasteiger partial charge in [-0.15, -0.1) is 11.8 Å². The monoisotopic (exact) mass is 721 g/mol. The predicted molar refractivity (Wildman–Crippen MR) is 181 cm³/mol. The van der Waals surface area contributed by atoms with Gasteiger partial charge in [-0.1, -0.05) is 47.7 Å². The molecule has 2 bridgehead atoms. The Morgan fingerprint density at radius 3 is 2.40 bits per heavy atom. The number of hydrogen-bond acceptors (Lipinski definition) is 8. The number of aromatic amines is 1. The summed E-state index contributed by atoms with van der Waals surface area (Å²) in [7, 11) is 0. The standard InChI is InChI=1S/C36H30F3N3O6S2/c1-2-47-24-14-17(12-13-23(24)48-16-25(43)40-22-11-7-6-10-21(22)36(37,38)39)26-27-19-15-20(30(27)49-32-31(26)50-35(46)41-32)29-28(19)33(44)42(34(29)45)18-8-4-3-5-9-18/h3-14,19-20,26-30H,2,15-16H2,1H3,(H,40,43)(H,41,46)/t19-,20-,26-,27?,28?,29?,30?/m1/s1. The van der Waals surface area contributed by atoms with Crippen LogP contribution in [0.1, 0.15) is 35.3 Å². The van der Waals surface area contributed by atoms with E-state index in [9.17, 15) is 32.3 Å². The highest BCUT2D eigenvalue weighted by atomic mass is 32.2. The lowest BCUT2D eigenvalue weighted by Gasteiger charge is -2.43. The first kappa shape index (κ1) is 32.6. The second kappa shape index (κ2) is 12.3. The van der Waals surface area contributed by atoms with Crippen molar-refractivity contribution in [3.8, 4) is 11.5 Å². The Kier molecular flexibility index (Phi) is 8.05. The molecule has 8 rings (SSSR count). The normalized spacial score (nSPS) is 26.4. The molecule has 4 aliphatic rings. The molecule has 0 spiro atoms. The molecule has 3 heterocycles. The van der Waals surface area contributed by atoms with E-state index in [0.717, 1.165) is 39.3 Å². The quantitative estimate of drug-likeness (QED) is 0.198. The molecule has 2 saturated carbocycles. The number of H-pyrrole nitrogens is 1. The van der Waals surface area contributed by atoms with E-state index < -0.39 is 36.1 Å². The summed E-state index contributed by atoms with van der Waals surface area (Å²) >= 11 is 2.73. The molecule has 9 nitrogen and oxygen atoms in total. The maximum Gasteiger partial charge on any atom is 0.418 e. The molecule has 3 amide bonds. The minimum atomic E-state index is -4.64. The Morgan fingerprint density at radius 2 is 1.66 bits per heavy atom. The number of fused-ring (bicyclic) bond motifs is 9. The smallest absolute Gasteiger partial charge is 0.418 e. The van der Waals surface area contributed by atoms with Gasteiger partial charge in [-0.05, 0) is 73.1 Å². The largest absolute Gasteiger partial charge is 0.490 e. The SMILES string of the molecule is CCOc1cc([C@H]2c3sc(=O)[nH]c3SC3C2[C@H]2C[C@@H]3C3C(=O)N(c4ccccc4)C(=O)C32)ccc1OCC(=O)Nc1ccccc1C(F)(F)F. The van der Waals surface area contributed by atoms with Crippen molar-refractivity contribution in [3.63, 3.8) is 0 Å². The molecular weight excluding hydrogens is 692 g/mol. The molecule has 258 valence electrons. The van der Waals surface area contributed by atoms with E-state index in [2.05, 4.69) is 10.3 Å². The molecule has 1 aromatic heterocycles. The number of rotatable bonds is 8. The highest BCUT2D eigenvalue weighted by Gasteiger charge is 2.69. The van der Waals surface area contributed by atoms with Crippen LogP contribution >= 0.6 is 23.1 Å². The van der Waals surface area contributed by atoms with Gasteiger partial charge in [-0.25, -0.2) is 0 Å². The van der Waals surface area contributed by atoms with Crippen LogP contribution in [0.25, 0.3) is 0 Å². The molecule has 4 unspecified atom stereocenters. The number of halogens is 3. The molecule has 14 heteroatoms. The number of nitrogens with zero attached hydrogens (tertiary/aromatic N) is 1. The van der Waals surface area contributed by atoms with Crippen molar-refractivity contribution >= 4 is 52.2 Å². The molecule has 3 fully saturated rings. The summed E-state index contributed by atoms with van der Waals surface area (Å²) in [5.74, 6) is -1.89. The highest BCUT2D eigenvalue weighted by Crippen LogP contribution is 2.68. The Hall–Kier alpha value is -4.56. The maximum absolute atomic E-state index is 14.0. The van der Waals surface area contributed by atoms with Crippen LogP contribution in [0.15, 0.2) is 82.6 Å². The third-order valence-electron chi connectivity index (χ3n) is 10.2. The summed E-state index contributed by atoms with van der Waals surface area (Å²) in [5.41, 5.74) is 0.0629. The zero-order valence-electron chi connectivity index (χ0n) is 26.4. The maximum atomic E-state index is 14.0. The number of anilines is 2. The number of benzene rings is 3. The Bertz CT molecular complexity index is 2070. The second-order valence-electron chi connectivity index (χ2n) is 12.8. The van der Waals surface area contributed by atoms with Crippen molar-refractivity contribution in [2.45, 2.75) is 35.7 Å². The van der Waals surface area contributed by atoms with Crippen LogP contribution in [0.3, 0.4) is 0 Å². The number of carbonyl (C=O) groups is 3. The van der Waals surface area contributed by atoms with Crippen molar-refractivity contribution < 1.29 is 37.0 Å². The van der Waals surface area contributed by atoms with E-state index in [1.807, 2.05) is 18.2 Å². The van der Waals surface area contributed by atoms with Gasteiger partial charge in [-0.2, -0.15) is 13.2 Å². The van der Waals surface area contributed by atoms with Crippen LogP contribution in [-0.2, 0) is 20.6 Å². The zero-order valence-corrected chi connectivity index (χ0v) is 28.1. The molecule has 4 aromatic rings. The van der Waals surface area contributed by atoms with E-state index in [4.69, 9.17) is 9.47 Å². The molecular formula is C36H30F3N3O6S2. The van der Waals surface area contributed by atoms with Gasteiger partial charge in [0.15, 0.2) is 18.1 Å². The second-order valence-corrected chi connectivity index (χ2v) is 15.0. The predicted octanol–water partition coefficient (Wildman–Crippen LogP) is 6.55. The number of carbonyl (C=O) groups excluding carboxylic acids is 3. The van der Waals surface area contributed by atoms with E-state index >= 15 is 0 Å².